The monoisotopic (exact) mass is 278 g/mol. The molecule has 6 heteroatoms. The van der Waals surface area contributed by atoms with Crippen molar-refractivity contribution in [3.05, 3.63) is 63.2 Å². The normalized spacial score (nSPS) is 10.2. The predicted octanol–water partition coefficient (Wildman–Crippen LogP) is 3.57. The summed E-state index contributed by atoms with van der Waals surface area (Å²) >= 11 is 5.83. The summed E-state index contributed by atoms with van der Waals surface area (Å²) in [5.41, 5.74) is 1.12. The van der Waals surface area contributed by atoms with E-state index in [-0.39, 0.29) is 11.4 Å². The van der Waals surface area contributed by atoms with E-state index >= 15 is 0 Å². The number of nitro groups is 1. The highest BCUT2D eigenvalue weighted by atomic mass is 35.5. The number of nitrogens with one attached hydrogen (secondary N) is 1. The minimum absolute atomic E-state index is 0.0375. The molecule has 19 heavy (non-hydrogen) atoms. The summed E-state index contributed by atoms with van der Waals surface area (Å²) in [6.45, 7) is 0.357. The van der Waals surface area contributed by atoms with Gasteiger partial charge in [-0.3, -0.25) is 10.1 Å². The average molecular weight is 279 g/mol. The molecule has 98 valence electrons. The molecule has 0 fully saturated rings. The zero-order valence-corrected chi connectivity index (χ0v) is 10.6. The highest BCUT2D eigenvalue weighted by Crippen LogP contribution is 2.28. The molecule has 5 nitrogen and oxygen atoms in total. The van der Waals surface area contributed by atoms with Gasteiger partial charge in [-0.2, -0.15) is 0 Å². The number of benzene rings is 2. The number of phenols is 1. The summed E-state index contributed by atoms with van der Waals surface area (Å²) in [6.07, 6.45) is 0. The largest absolute Gasteiger partial charge is 0.508 e. The maximum atomic E-state index is 10.9. The second kappa shape index (κ2) is 5.58. The highest BCUT2D eigenvalue weighted by Gasteiger charge is 2.13. The van der Waals surface area contributed by atoms with Crippen LogP contribution in [0.5, 0.6) is 5.75 Å². The van der Waals surface area contributed by atoms with E-state index in [0.717, 1.165) is 5.56 Å². The lowest BCUT2D eigenvalue weighted by molar-refractivity contribution is -0.384. The Hall–Kier alpha value is -2.27. The molecule has 0 radical (unpaired) electrons. The second-order valence-electron chi connectivity index (χ2n) is 3.94. The molecule has 0 aliphatic heterocycles. The van der Waals surface area contributed by atoms with Gasteiger partial charge in [0.25, 0.3) is 5.69 Å². The van der Waals surface area contributed by atoms with Crippen LogP contribution < -0.4 is 5.32 Å². The van der Waals surface area contributed by atoms with Crippen LogP contribution in [-0.2, 0) is 6.54 Å². The maximum absolute atomic E-state index is 10.9. The summed E-state index contributed by atoms with van der Waals surface area (Å²) in [5.74, 6) is 0.153. The summed E-state index contributed by atoms with van der Waals surface area (Å²) in [4.78, 5) is 10.4. The molecule has 2 aromatic carbocycles. The smallest absolute Gasteiger partial charge is 0.292 e. The lowest BCUT2D eigenvalue weighted by atomic mass is 10.2. The molecule has 2 N–H and O–H groups in total. The Kier molecular flexibility index (Phi) is 3.87. The van der Waals surface area contributed by atoms with Crippen molar-refractivity contribution in [3.8, 4) is 5.75 Å². The Morgan fingerprint density at radius 2 is 2.05 bits per heavy atom. The van der Waals surface area contributed by atoms with E-state index in [1.54, 1.807) is 18.2 Å². The first-order valence-electron chi connectivity index (χ1n) is 5.52. The molecule has 0 amide bonds. The fraction of sp³-hybridized carbons (Fsp3) is 0.0769. The van der Waals surface area contributed by atoms with E-state index in [1.807, 2.05) is 6.07 Å². The Bertz CT molecular complexity index is 617. The fourth-order valence-electron chi connectivity index (χ4n) is 1.67. The number of phenolic OH excluding ortho intramolecular Hbond substituents is 1. The van der Waals surface area contributed by atoms with E-state index in [0.29, 0.717) is 17.3 Å². The van der Waals surface area contributed by atoms with Crippen LogP contribution in [0.1, 0.15) is 5.56 Å². The second-order valence-corrected chi connectivity index (χ2v) is 4.38. The molecule has 0 aromatic heterocycles. The van der Waals surface area contributed by atoms with Crippen molar-refractivity contribution in [1.82, 2.24) is 0 Å². The third-order valence-corrected chi connectivity index (χ3v) is 2.78. The Morgan fingerprint density at radius 3 is 2.74 bits per heavy atom. The number of halogens is 1. The van der Waals surface area contributed by atoms with Crippen molar-refractivity contribution in [2.24, 2.45) is 0 Å². The number of nitro benzene ring substituents is 1. The van der Waals surface area contributed by atoms with Gasteiger partial charge in [0.15, 0.2) is 0 Å². The van der Waals surface area contributed by atoms with Gasteiger partial charge in [-0.05, 0) is 29.8 Å². The summed E-state index contributed by atoms with van der Waals surface area (Å²) in [7, 11) is 0. The van der Waals surface area contributed by atoms with Crippen molar-refractivity contribution in [1.29, 1.82) is 0 Å². The van der Waals surface area contributed by atoms with Crippen molar-refractivity contribution < 1.29 is 10.0 Å². The molecule has 0 saturated heterocycles. The van der Waals surface area contributed by atoms with Crippen molar-refractivity contribution in [3.63, 3.8) is 0 Å². The van der Waals surface area contributed by atoms with Crippen molar-refractivity contribution in [2.45, 2.75) is 6.54 Å². The van der Waals surface area contributed by atoms with Crippen LogP contribution in [0.4, 0.5) is 11.4 Å². The molecule has 0 spiro atoms. The molecular weight excluding hydrogens is 268 g/mol. The van der Waals surface area contributed by atoms with Crippen LogP contribution >= 0.6 is 11.6 Å². The molecule has 0 aliphatic carbocycles. The molecule has 0 heterocycles. The first-order chi connectivity index (χ1) is 9.06. The number of hydrogen-bond donors (Lipinski definition) is 2. The topological polar surface area (TPSA) is 75.4 Å². The number of rotatable bonds is 4. The molecule has 0 aliphatic rings. The fourth-order valence-corrected chi connectivity index (χ4v) is 1.84. The van der Waals surface area contributed by atoms with Crippen molar-refractivity contribution in [2.75, 3.05) is 5.32 Å². The van der Waals surface area contributed by atoms with Gasteiger partial charge < -0.3 is 10.4 Å². The number of hydrogen-bond acceptors (Lipinski definition) is 4. The third kappa shape index (κ3) is 3.35. The Balaban J connectivity index is 2.19. The first kappa shape index (κ1) is 13.2. The number of nitrogens with zero attached hydrogens (tertiary/aromatic N) is 1. The molecular formula is C13H11ClN2O3. The van der Waals surface area contributed by atoms with Crippen LogP contribution in [0.2, 0.25) is 5.02 Å². The summed E-state index contributed by atoms with van der Waals surface area (Å²) in [5, 5.41) is 23.6. The third-order valence-electron chi connectivity index (χ3n) is 2.55. The van der Waals surface area contributed by atoms with E-state index in [9.17, 15) is 15.2 Å². The predicted molar refractivity (Wildman–Crippen MR) is 73.5 cm³/mol. The van der Waals surface area contributed by atoms with Gasteiger partial charge in [-0.25, -0.2) is 0 Å². The average Bonchev–Trinajstić information content (AvgIpc) is 2.36. The number of anilines is 1. The lowest BCUT2D eigenvalue weighted by Crippen LogP contribution is -2.02. The van der Waals surface area contributed by atoms with Gasteiger partial charge >= 0.3 is 0 Å². The van der Waals surface area contributed by atoms with Crippen LogP contribution in [0.25, 0.3) is 0 Å². The zero-order valence-electron chi connectivity index (χ0n) is 9.84. The van der Waals surface area contributed by atoms with Crippen molar-refractivity contribution >= 4 is 23.0 Å². The van der Waals surface area contributed by atoms with Crippen LogP contribution in [0.3, 0.4) is 0 Å². The van der Waals surface area contributed by atoms with E-state index in [1.165, 1.54) is 18.2 Å². The molecule has 2 aromatic rings. The zero-order chi connectivity index (χ0) is 13.8. The van der Waals surface area contributed by atoms with E-state index in [4.69, 9.17) is 11.6 Å². The van der Waals surface area contributed by atoms with Crippen LogP contribution in [-0.4, -0.2) is 10.0 Å². The molecule has 0 saturated carbocycles. The minimum Gasteiger partial charge on any atom is -0.508 e. The Morgan fingerprint density at radius 1 is 1.26 bits per heavy atom. The Labute approximate surface area is 114 Å². The van der Waals surface area contributed by atoms with Gasteiger partial charge in [0.2, 0.25) is 0 Å². The van der Waals surface area contributed by atoms with Crippen LogP contribution in [0, 0.1) is 10.1 Å². The SMILES string of the molecule is O=[N+]([O-])c1ccc(Cl)cc1NCc1cccc(O)c1. The molecule has 0 atom stereocenters. The summed E-state index contributed by atoms with van der Waals surface area (Å²) in [6, 6.07) is 11.0. The summed E-state index contributed by atoms with van der Waals surface area (Å²) < 4.78 is 0. The standard InChI is InChI=1S/C13H11ClN2O3/c14-10-4-5-13(16(18)19)12(7-10)15-8-9-2-1-3-11(17)6-9/h1-7,15,17H,8H2. The molecule has 0 unspecified atom stereocenters. The highest BCUT2D eigenvalue weighted by molar-refractivity contribution is 6.31. The molecule has 0 bridgehead atoms. The lowest BCUT2D eigenvalue weighted by Gasteiger charge is -2.08. The number of aromatic hydroxyl groups is 1. The van der Waals surface area contributed by atoms with Gasteiger partial charge in [-0.15, -0.1) is 0 Å². The van der Waals surface area contributed by atoms with Gasteiger partial charge in [0.1, 0.15) is 11.4 Å². The minimum atomic E-state index is -0.471. The maximum Gasteiger partial charge on any atom is 0.292 e. The molecule has 2 rings (SSSR count). The van der Waals surface area contributed by atoms with Crippen LogP contribution in [0.15, 0.2) is 42.5 Å². The van der Waals surface area contributed by atoms with E-state index in [2.05, 4.69) is 5.32 Å². The first-order valence-corrected chi connectivity index (χ1v) is 5.90. The van der Waals surface area contributed by atoms with Gasteiger partial charge in [0, 0.05) is 17.6 Å². The quantitative estimate of drug-likeness (QED) is 0.662. The van der Waals surface area contributed by atoms with Gasteiger partial charge in [-0.1, -0.05) is 23.7 Å². The van der Waals surface area contributed by atoms with Gasteiger partial charge in [0.05, 0.1) is 4.92 Å². The van der Waals surface area contributed by atoms with E-state index < -0.39 is 4.92 Å².